The van der Waals surface area contributed by atoms with Gasteiger partial charge >= 0.3 is 0 Å². The summed E-state index contributed by atoms with van der Waals surface area (Å²) in [6.07, 6.45) is 7.24. The number of amides is 1. The lowest BCUT2D eigenvalue weighted by Gasteiger charge is -2.42. The molecule has 2 N–H and O–H groups in total. The van der Waals surface area contributed by atoms with E-state index in [4.69, 9.17) is 21.1 Å². The van der Waals surface area contributed by atoms with Crippen LogP contribution in [0.5, 0.6) is 5.75 Å². The van der Waals surface area contributed by atoms with Crippen molar-refractivity contribution in [1.29, 1.82) is 0 Å². The number of fused-ring (bicyclic) bond motifs is 3. The van der Waals surface area contributed by atoms with Crippen LogP contribution in [0.15, 0.2) is 48.6 Å². The molecule has 1 fully saturated rings. The van der Waals surface area contributed by atoms with E-state index in [0.717, 1.165) is 55.5 Å². The number of halogens is 1. The molecule has 2 unspecified atom stereocenters. The SMILES string of the molecule is CO[C@H]1C/C=C/[C@H](O)C2CCC2CN2CCCCc3cc(Cl)ccc3COc3ccc(cc32)C(=O)NS(=O)(=O)[C@@H]1C(C)C. The number of anilines is 1. The minimum atomic E-state index is -4.11. The quantitative estimate of drug-likeness (QED) is 0.422. The number of sulfonamides is 1. The number of aliphatic hydroxyl groups excluding tert-OH is 1. The van der Waals surface area contributed by atoms with Gasteiger partial charge in [-0.3, -0.25) is 4.79 Å². The Morgan fingerprint density at radius 2 is 1.93 bits per heavy atom. The van der Waals surface area contributed by atoms with Crippen molar-refractivity contribution in [1.82, 2.24) is 4.72 Å². The number of benzene rings is 2. The zero-order chi connectivity index (χ0) is 30.7. The van der Waals surface area contributed by atoms with Gasteiger partial charge in [0.2, 0.25) is 10.0 Å². The first kappa shape index (κ1) is 31.8. The summed E-state index contributed by atoms with van der Waals surface area (Å²) in [5.41, 5.74) is 3.22. The van der Waals surface area contributed by atoms with Crippen LogP contribution < -0.4 is 14.4 Å². The van der Waals surface area contributed by atoms with Crippen molar-refractivity contribution in [2.45, 2.75) is 76.4 Å². The summed E-state index contributed by atoms with van der Waals surface area (Å²) >= 11 is 6.31. The first-order valence-corrected chi connectivity index (χ1v) is 17.2. The minimum absolute atomic E-state index is 0.0928. The van der Waals surface area contributed by atoms with E-state index >= 15 is 0 Å². The van der Waals surface area contributed by atoms with Crippen LogP contribution in [-0.4, -0.2) is 57.1 Å². The summed E-state index contributed by atoms with van der Waals surface area (Å²) < 4.78 is 41.6. The largest absolute Gasteiger partial charge is 0.487 e. The zero-order valence-electron chi connectivity index (χ0n) is 25.2. The molecule has 2 bridgehead atoms. The van der Waals surface area contributed by atoms with E-state index in [2.05, 4.69) is 9.62 Å². The van der Waals surface area contributed by atoms with Crippen molar-refractivity contribution in [3.05, 3.63) is 70.3 Å². The second-order valence-corrected chi connectivity index (χ2v) is 14.7. The highest BCUT2D eigenvalue weighted by Crippen LogP contribution is 2.41. The highest BCUT2D eigenvalue weighted by Gasteiger charge is 2.39. The monoisotopic (exact) mass is 630 g/mol. The normalized spacial score (nSPS) is 28.7. The van der Waals surface area contributed by atoms with Crippen LogP contribution in [-0.2, 0) is 27.8 Å². The van der Waals surface area contributed by atoms with E-state index in [1.54, 1.807) is 38.1 Å². The van der Waals surface area contributed by atoms with Gasteiger partial charge in [-0.05, 0) is 97.7 Å². The summed E-state index contributed by atoms with van der Waals surface area (Å²) in [6, 6.07) is 11.0. The maximum absolute atomic E-state index is 13.6. The molecule has 0 saturated heterocycles. The zero-order valence-corrected chi connectivity index (χ0v) is 26.7. The number of nitrogens with zero attached hydrogens (tertiary/aromatic N) is 1. The maximum atomic E-state index is 13.6. The molecule has 43 heavy (non-hydrogen) atoms. The molecule has 0 aromatic heterocycles. The van der Waals surface area contributed by atoms with Gasteiger partial charge in [-0.2, -0.15) is 0 Å². The number of aliphatic hydroxyl groups is 1. The molecule has 1 saturated carbocycles. The smallest absolute Gasteiger partial charge is 0.264 e. The van der Waals surface area contributed by atoms with Gasteiger partial charge in [0.1, 0.15) is 17.6 Å². The van der Waals surface area contributed by atoms with Gasteiger partial charge in [-0.15, -0.1) is 0 Å². The van der Waals surface area contributed by atoms with Crippen LogP contribution in [0.2, 0.25) is 5.02 Å². The van der Waals surface area contributed by atoms with Gasteiger partial charge < -0.3 is 19.5 Å². The summed E-state index contributed by atoms with van der Waals surface area (Å²) in [6.45, 7) is 5.38. The van der Waals surface area contributed by atoms with Crippen molar-refractivity contribution in [3.63, 3.8) is 0 Å². The number of hydrogen-bond donors (Lipinski definition) is 2. The van der Waals surface area contributed by atoms with Crippen LogP contribution in [0.4, 0.5) is 5.69 Å². The summed E-state index contributed by atoms with van der Waals surface area (Å²) in [5, 5.41) is 10.9. The molecule has 3 aliphatic rings. The molecular weight excluding hydrogens is 588 g/mol. The van der Waals surface area contributed by atoms with Gasteiger partial charge in [-0.25, -0.2) is 13.1 Å². The van der Waals surface area contributed by atoms with Crippen LogP contribution >= 0.6 is 11.6 Å². The number of nitrogens with one attached hydrogen (secondary N) is 1. The molecule has 0 radical (unpaired) electrons. The molecule has 2 aromatic rings. The molecule has 234 valence electrons. The van der Waals surface area contributed by atoms with Crippen molar-refractivity contribution >= 4 is 33.2 Å². The van der Waals surface area contributed by atoms with Crippen LogP contribution in [0, 0.1) is 17.8 Å². The van der Waals surface area contributed by atoms with E-state index in [0.29, 0.717) is 30.3 Å². The first-order chi connectivity index (χ1) is 20.6. The third-order valence-electron chi connectivity index (χ3n) is 9.23. The van der Waals surface area contributed by atoms with Crippen molar-refractivity contribution < 1.29 is 27.8 Å². The van der Waals surface area contributed by atoms with Gasteiger partial charge in [0.05, 0.1) is 17.9 Å². The predicted molar refractivity (Wildman–Crippen MR) is 169 cm³/mol. The predicted octanol–water partition coefficient (Wildman–Crippen LogP) is 5.51. The molecule has 1 aliphatic carbocycles. The molecule has 2 aromatic carbocycles. The second-order valence-electron chi connectivity index (χ2n) is 12.4. The van der Waals surface area contributed by atoms with Crippen LogP contribution in [0.1, 0.15) is 67.4 Å². The fraction of sp³-hybridized carbons (Fsp3) is 0.545. The summed E-state index contributed by atoms with van der Waals surface area (Å²) in [7, 11) is -2.63. The summed E-state index contributed by atoms with van der Waals surface area (Å²) in [4.78, 5) is 15.8. The highest BCUT2D eigenvalue weighted by atomic mass is 35.5. The van der Waals surface area contributed by atoms with Gasteiger partial charge in [0, 0.05) is 30.8 Å². The molecule has 1 amide bonds. The average molecular weight is 631 g/mol. The minimum Gasteiger partial charge on any atom is -0.487 e. The lowest BCUT2D eigenvalue weighted by molar-refractivity contribution is 0.0455. The number of carbonyl (C=O) groups excluding carboxylic acids is 1. The number of ether oxygens (including phenoxy) is 2. The average Bonchev–Trinajstić information content (AvgIpc) is 2.96. The molecule has 10 heteroatoms. The van der Waals surface area contributed by atoms with Crippen molar-refractivity contribution in [2.75, 3.05) is 25.1 Å². The molecule has 5 atom stereocenters. The standard InChI is InChI=1S/C33H43ClN2O6S/c1-21(2)32-31(41-3)9-6-8-29(37)27-14-11-24(27)19-36-16-5-4-7-22-17-26(34)13-10-25(22)20-42-30-15-12-23(18-28(30)36)33(38)35-43(32,39)40/h6,8,10,12-13,15,17-18,21,24,27,29,31-32,37H,4-5,7,9,11,14,16,19-20H2,1-3H3,(H,35,38)/b8-6+/t24?,27?,29-,31-,32+/m0/s1. The number of carbonyl (C=O) groups is 1. The lowest BCUT2D eigenvalue weighted by Crippen LogP contribution is -2.47. The lowest BCUT2D eigenvalue weighted by atomic mass is 9.70. The number of aryl methyl sites for hydroxylation is 1. The molecule has 2 aliphatic heterocycles. The van der Waals surface area contributed by atoms with Gasteiger partial charge in [-0.1, -0.05) is 43.7 Å². The molecule has 0 spiro atoms. The van der Waals surface area contributed by atoms with E-state index < -0.39 is 33.4 Å². The number of rotatable bonds is 2. The Morgan fingerprint density at radius 3 is 2.65 bits per heavy atom. The Labute approximate surface area is 260 Å². The first-order valence-electron chi connectivity index (χ1n) is 15.3. The van der Waals surface area contributed by atoms with E-state index in [-0.39, 0.29) is 23.3 Å². The Bertz CT molecular complexity index is 1440. The summed E-state index contributed by atoms with van der Waals surface area (Å²) in [5.74, 6) is -0.0231. The Hall–Kier alpha value is -2.59. The van der Waals surface area contributed by atoms with Crippen LogP contribution in [0.3, 0.4) is 0 Å². The van der Waals surface area contributed by atoms with Crippen molar-refractivity contribution in [3.8, 4) is 5.75 Å². The highest BCUT2D eigenvalue weighted by molar-refractivity contribution is 7.90. The van der Waals surface area contributed by atoms with E-state index in [1.807, 2.05) is 24.3 Å². The van der Waals surface area contributed by atoms with Gasteiger partial charge in [0.15, 0.2) is 0 Å². The molecule has 8 nitrogen and oxygen atoms in total. The van der Waals surface area contributed by atoms with E-state index in [9.17, 15) is 18.3 Å². The Morgan fingerprint density at radius 1 is 1.12 bits per heavy atom. The molecule has 5 rings (SSSR count). The number of methoxy groups -OCH3 is 1. The van der Waals surface area contributed by atoms with Crippen molar-refractivity contribution in [2.24, 2.45) is 17.8 Å². The topological polar surface area (TPSA) is 105 Å². The Balaban J connectivity index is 1.56. The second kappa shape index (κ2) is 13.6. The fourth-order valence-electron chi connectivity index (χ4n) is 6.74. The van der Waals surface area contributed by atoms with Crippen LogP contribution in [0.25, 0.3) is 0 Å². The Kier molecular flexibility index (Phi) is 10.1. The third-order valence-corrected chi connectivity index (χ3v) is 11.5. The number of hydrogen-bond acceptors (Lipinski definition) is 7. The molecule has 2 heterocycles. The third kappa shape index (κ3) is 7.22. The molecular formula is C33H43ClN2O6S. The van der Waals surface area contributed by atoms with Gasteiger partial charge in [0.25, 0.3) is 5.91 Å². The van der Waals surface area contributed by atoms with E-state index in [1.165, 1.54) is 7.11 Å². The maximum Gasteiger partial charge on any atom is 0.264 e. The fourth-order valence-corrected chi connectivity index (χ4v) is 8.78.